The van der Waals surface area contributed by atoms with E-state index in [0.717, 1.165) is 18.4 Å². The molecule has 0 bridgehead atoms. The first-order valence-electron chi connectivity index (χ1n) is 5.83. The molecule has 0 aromatic carbocycles. The van der Waals surface area contributed by atoms with Crippen LogP contribution in [-0.2, 0) is 0 Å². The fourth-order valence-corrected chi connectivity index (χ4v) is 1.32. The Morgan fingerprint density at radius 2 is 2.19 bits per heavy atom. The van der Waals surface area contributed by atoms with E-state index in [1.54, 1.807) is 0 Å². The SMILES string of the molecule is CCNC(=NCC(C)CO)NC1CC1C.I. The summed E-state index contributed by atoms with van der Waals surface area (Å²) in [6.07, 6.45) is 1.24. The van der Waals surface area contributed by atoms with Gasteiger partial charge in [0.1, 0.15) is 0 Å². The Kier molecular flexibility index (Phi) is 8.09. The third-order valence-electron chi connectivity index (χ3n) is 2.65. The summed E-state index contributed by atoms with van der Waals surface area (Å²) in [6.45, 7) is 8.03. The first-order chi connectivity index (χ1) is 7.17. The van der Waals surface area contributed by atoms with Gasteiger partial charge >= 0.3 is 0 Å². The molecule has 3 N–H and O–H groups in total. The van der Waals surface area contributed by atoms with E-state index in [4.69, 9.17) is 5.11 Å². The second kappa shape index (κ2) is 8.11. The molecular formula is C11H24IN3O. The Morgan fingerprint density at radius 1 is 1.56 bits per heavy atom. The van der Waals surface area contributed by atoms with Crippen LogP contribution in [-0.4, -0.2) is 36.8 Å². The smallest absolute Gasteiger partial charge is 0.191 e. The Balaban J connectivity index is 0.00000225. The number of nitrogens with one attached hydrogen (secondary N) is 2. The lowest BCUT2D eigenvalue weighted by atomic mass is 10.2. The summed E-state index contributed by atoms with van der Waals surface area (Å²) in [5, 5.41) is 15.5. The number of nitrogens with zero attached hydrogens (tertiary/aromatic N) is 1. The molecule has 0 heterocycles. The van der Waals surface area contributed by atoms with Crippen molar-refractivity contribution in [2.45, 2.75) is 33.2 Å². The lowest BCUT2D eigenvalue weighted by Gasteiger charge is -2.12. The van der Waals surface area contributed by atoms with Crippen molar-refractivity contribution < 1.29 is 5.11 Å². The predicted molar refractivity (Wildman–Crippen MR) is 78.3 cm³/mol. The third kappa shape index (κ3) is 5.89. The van der Waals surface area contributed by atoms with Gasteiger partial charge in [0.2, 0.25) is 0 Å². The molecule has 1 aliphatic carbocycles. The van der Waals surface area contributed by atoms with Gasteiger partial charge in [-0.3, -0.25) is 4.99 Å². The first-order valence-corrected chi connectivity index (χ1v) is 5.83. The molecule has 5 heteroatoms. The summed E-state index contributed by atoms with van der Waals surface area (Å²) in [4.78, 5) is 4.43. The number of halogens is 1. The van der Waals surface area contributed by atoms with Gasteiger partial charge in [-0.25, -0.2) is 0 Å². The highest BCUT2D eigenvalue weighted by Crippen LogP contribution is 2.28. The predicted octanol–water partition coefficient (Wildman–Crippen LogP) is 1.20. The maximum Gasteiger partial charge on any atom is 0.191 e. The van der Waals surface area contributed by atoms with Gasteiger partial charge in [0.05, 0.1) is 0 Å². The Morgan fingerprint density at radius 3 is 2.62 bits per heavy atom. The molecule has 0 spiro atoms. The standard InChI is InChI=1S/C11H23N3O.HI/c1-4-12-11(13-6-8(2)7-15)14-10-5-9(10)3;/h8-10,15H,4-7H2,1-3H3,(H2,12,13,14);1H. The number of aliphatic hydroxyl groups is 1. The average Bonchev–Trinajstić information content (AvgIpc) is 2.90. The maximum atomic E-state index is 8.90. The molecule has 1 aliphatic rings. The highest BCUT2D eigenvalue weighted by molar-refractivity contribution is 14.0. The Bertz CT molecular complexity index is 223. The molecule has 0 aromatic heterocycles. The number of hydrogen-bond acceptors (Lipinski definition) is 2. The fraction of sp³-hybridized carbons (Fsp3) is 0.909. The van der Waals surface area contributed by atoms with E-state index in [0.29, 0.717) is 12.6 Å². The molecule has 0 radical (unpaired) electrons. The van der Waals surface area contributed by atoms with Crippen molar-refractivity contribution in [2.24, 2.45) is 16.8 Å². The lowest BCUT2D eigenvalue weighted by Crippen LogP contribution is -2.39. The zero-order valence-corrected chi connectivity index (χ0v) is 12.7. The molecule has 16 heavy (non-hydrogen) atoms. The van der Waals surface area contributed by atoms with E-state index in [-0.39, 0.29) is 36.5 Å². The van der Waals surface area contributed by atoms with E-state index in [1.807, 2.05) is 6.92 Å². The normalized spacial score (nSPS) is 25.6. The number of aliphatic imine (C=N–C) groups is 1. The summed E-state index contributed by atoms with van der Waals surface area (Å²) in [5.41, 5.74) is 0. The fourth-order valence-electron chi connectivity index (χ4n) is 1.32. The van der Waals surface area contributed by atoms with Crippen LogP contribution in [0.2, 0.25) is 0 Å². The minimum atomic E-state index is 0. The van der Waals surface area contributed by atoms with Crippen molar-refractivity contribution in [3.63, 3.8) is 0 Å². The van der Waals surface area contributed by atoms with E-state index in [9.17, 15) is 0 Å². The van der Waals surface area contributed by atoms with Crippen LogP contribution in [0.4, 0.5) is 0 Å². The number of hydrogen-bond donors (Lipinski definition) is 3. The van der Waals surface area contributed by atoms with Crippen molar-refractivity contribution in [1.82, 2.24) is 10.6 Å². The molecule has 1 saturated carbocycles. The van der Waals surface area contributed by atoms with Gasteiger partial charge in [0.25, 0.3) is 0 Å². The summed E-state index contributed by atoms with van der Waals surface area (Å²) >= 11 is 0. The Hall–Kier alpha value is -0.0400. The first kappa shape index (κ1) is 16.0. The zero-order chi connectivity index (χ0) is 11.3. The summed E-state index contributed by atoms with van der Waals surface area (Å²) < 4.78 is 0. The van der Waals surface area contributed by atoms with Gasteiger partial charge < -0.3 is 15.7 Å². The summed E-state index contributed by atoms with van der Waals surface area (Å²) in [5.74, 6) is 1.88. The van der Waals surface area contributed by atoms with Crippen molar-refractivity contribution in [3.8, 4) is 0 Å². The van der Waals surface area contributed by atoms with Crippen LogP contribution in [0.25, 0.3) is 0 Å². The van der Waals surface area contributed by atoms with Gasteiger partial charge in [0, 0.05) is 25.7 Å². The van der Waals surface area contributed by atoms with E-state index >= 15 is 0 Å². The van der Waals surface area contributed by atoms with Crippen molar-refractivity contribution in [3.05, 3.63) is 0 Å². The largest absolute Gasteiger partial charge is 0.396 e. The molecule has 3 unspecified atom stereocenters. The number of guanidine groups is 1. The zero-order valence-electron chi connectivity index (χ0n) is 10.4. The van der Waals surface area contributed by atoms with Crippen LogP contribution in [0, 0.1) is 11.8 Å². The second-order valence-electron chi connectivity index (χ2n) is 4.47. The molecule has 0 aliphatic heterocycles. The molecule has 1 fully saturated rings. The van der Waals surface area contributed by atoms with Gasteiger partial charge in [-0.15, -0.1) is 24.0 Å². The van der Waals surface area contributed by atoms with Gasteiger partial charge in [-0.05, 0) is 25.2 Å². The quantitative estimate of drug-likeness (QED) is 0.400. The van der Waals surface area contributed by atoms with Crippen LogP contribution in [0.3, 0.4) is 0 Å². The topological polar surface area (TPSA) is 56.7 Å². The van der Waals surface area contributed by atoms with Gasteiger partial charge in [-0.2, -0.15) is 0 Å². The highest BCUT2D eigenvalue weighted by atomic mass is 127. The Labute approximate surface area is 115 Å². The number of aliphatic hydroxyl groups excluding tert-OH is 1. The van der Waals surface area contributed by atoms with E-state index < -0.39 is 0 Å². The van der Waals surface area contributed by atoms with Crippen LogP contribution in [0.5, 0.6) is 0 Å². The van der Waals surface area contributed by atoms with E-state index in [2.05, 4.69) is 29.5 Å². The molecule has 96 valence electrons. The minimum Gasteiger partial charge on any atom is -0.396 e. The van der Waals surface area contributed by atoms with Crippen LogP contribution in [0.1, 0.15) is 27.2 Å². The van der Waals surface area contributed by atoms with Gasteiger partial charge in [0.15, 0.2) is 5.96 Å². The maximum absolute atomic E-state index is 8.90. The van der Waals surface area contributed by atoms with Crippen LogP contribution < -0.4 is 10.6 Å². The molecular weight excluding hydrogens is 317 g/mol. The summed E-state index contributed by atoms with van der Waals surface area (Å²) in [6, 6.07) is 0.590. The van der Waals surface area contributed by atoms with Crippen molar-refractivity contribution in [2.75, 3.05) is 19.7 Å². The van der Waals surface area contributed by atoms with Gasteiger partial charge in [-0.1, -0.05) is 13.8 Å². The second-order valence-corrected chi connectivity index (χ2v) is 4.47. The molecule has 4 nitrogen and oxygen atoms in total. The lowest BCUT2D eigenvalue weighted by molar-refractivity contribution is 0.241. The monoisotopic (exact) mass is 341 g/mol. The summed E-state index contributed by atoms with van der Waals surface area (Å²) in [7, 11) is 0. The molecule has 1 rings (SSSR count). The molecule has 3 atom stereocenters. The average molecular weight is 341 g/mol. The molecule has 0 aromatic rings. The minimum absolute atomic E-state index is 0. The van der Waals surface area contributed by atoms with Crippen LogP contribution >= 0.6 is 24.0 Å². The molecule has 0 saturated heterocycles. The number of rotatable bonds is 5. The third-order valence-corrected chi connectivity index (χ3v) is 2.65. The van der Waals surface area contributed by atoms with E-state index in [1.165, 1.54) is 6.42 Å². The molecule has 0 amide bonds. The van der Waals surface area contributed by atoms with Crippen molar-refractivity contribution >= 4 is 29.9 Å². The van der Waals surface area contributed by atoms with Crippen LogP contribution in [0.15, 0.2) is 4.99 Å². The highest BCUT2D eigenvalue weighted by Gasteiger charge is 2.33. The van der Waals surface area contributed by atoms with Crippen molar-refractivity contribution in [1.29, 1.82) is 0 Å².